The van der Waals surface area contributed by atoms with E-state index in [-0.39, 0.29) is 17.7 Å². The summed E-state index contributed by atoms with van der Waals surface area (Å²) in [6.07, 6.45) is 3.52. The zero-order valence-corrected chi connectivity index (χ0v) is 11.6. The van der Waals surface area contributed by atoms with Gasteiger partial charge in [0.1, 0.15) is 5.78 Å². The minimum atomic E-state index is -0.136. The summed E-state index contributed by atoms with van der Waals surface area (Å²) in [4.78, 5) is 12.2. The van der Waals surface area contributed by atoms with Gasteiger partial charge in [-0.15, -0.1) is 0 Å². The first-order chi connectivity index (χ1) is 9.15. The van der Waals surface area contributed by atoms with Crippen molar-refractivity contribution in [3.05, 3.63) is 47.2 Å². The Morgan fingerprint density at radius 2 is 2.00 bits per heavy atom. The molecular weight excluding hydrogens is 256 g/mol. The summed E-state index contributed by atoms with van der Waals surface area (Å²) in [6, 6.07) is 8.23. The molecule has 1 aromatic rings. The molecule has 3 nitrogen and oxygen atoms in total. The minimum Gasteiger partial charge on any atom is -0.355 e. The first kappa shape index (κ1) is 12.4. The lowest BCUT2D eigenvalue weighted by atomic mass is 9.80. The van der Waals surface area contributed by atoms with Gasteiger partial charge in [0.05, 0.1) is 12.0 Å². The smallest absolute Gasteiger partial charge is 0.171 e. The van der Waals surface area contributed by atoms with Crippen LogP contribution in [0.1, 0.15) is 30.0 Å². The highest BCUT2D eigenvalue weighted by Crippen LogP contribution is 2.34. The number of ketones is 1. The third kappa shape index (κ3) is 2.28. The topological polar surface area (TPSA) is 41.1 Å². The second-order valence-electron chi connectivity index (χ2n) is 5.13. The number of carbonyl (C=O) groups is 1. The number of nitrogens with one attached hydrogen (secondary N) is 2. The number of rotatable bonds is 1. The van der Waals surface area contributed by atoms with Gasteiger partial charge in [-0.3, -0.25) is 4.79 Å². The van der Waals surface area contributed by atoms with Gasteiger partial charge in [0.25, 0.3) is 0 Å². The largest absolute Gasteiger partial charge is 0.355 e. The maximum atomic E-state index is 12.2. The zero-order chi connectivity index (χ0) is 13.4. The number of hydrogen-bond donors (Lipinski definition) is 2. The molecule has 2 N–H and O–H groups in total. The highest BCUT2D eigenvalue weighted by atomic mass is 32.1. The van der Waals surface area contributed by atoms with E-state index >= 15 is 0 Å². The van der Waals surface area contributed by atoms with Crippen LogP contribution in [-0.2, 0) is 4.79 Å². The molecule has 0 radical (unpaired) electrons. The van der Waals surface area contributed by atoms with Crippen LogP contribution in [0, 0.1) is 12.8 Å². The van der Waals surface area contributed by atoms with Crippen molar-refractivity contribution in [3.8, 4) is 0 Å². The van der Waals surface area contributed by atoms with Gasteiger partial charge in [0, 0.05) is 12.1 Å². The molecule has 2 aliphatic rings. The van der Waals surface area contributed by atoms with E-state index in [0.29, 0.717) is 11.5 Å². The molecule has 0 amide bonds. The lowest BCUT2D eigenvalue weighted by Crippen LogP contribution is -2.51. The van der Waals surface area contributed by atoms with Crippen LogP contribution >= 0.6 is 12.2 Å². The van der Waals surface area contributed by atoms with Gasteiger partial charge < -0.3 is 10.6 Å². The predicted molar refractivity (Wildman–Crippen MR) is 78.6 cm³/mol. The standard InChI is InChI=1S/C15H16N2OS/c1-9-5-7-10(8-6-9)14-13-11(16-15(19)17-14)3-2-4-12(13)18/h3,5-8,13-14H,2,4H2,1H3,(H2,16,17,19). The van der Waals surface area contributed by atoms with Crippen molar-refractivity contribution < 1.29 is 4.79 Å². The molecule has 1 heterocycles. The SMILES string of the molecule is Cc1ccc(C2NC(=S)NC3=CCCC(=O)C32)cc1. The quantitative estimate of drug-likeness (QED) is 0.770. The molecule has 1 aliphatic heterocycles. The first-order valence-electron chi connectivity index (χ1n) is 6.52. The molecule has 1 saturated heterocycles. The molecule has 0 bridgehead atoms. The number of Topliss-reactive ketones (excluding diaryl/α,β-unsaturated/α-hetero) is 1. The average molecular weight is 272 g/mol. The highest BCUT2D eigenvalue weighted by molar-refractivity contribution is 7.80. The molecule has 1 aromatic carbocycles. The molecule has 3 rings (SSSR count). The maximum absolute atomic E-state index is 12.2. The molecule has 1 aliphatic carbocycles. The molecular formula is C15H16N2OS. The molecule has 2 atom stereocenters. The van der Waals surface area contributed by atoms with Crippen LogP contribution < -0.4 is 10.6 Å². The van der Waals surface area contributed by atoms with Crippen molar-refractivity contribution >= 4 is 23.1 Å². The summed E-state index contributed by atoms with van der Waals surface area (Å²) in [5.74, 6) is 0.147. The number of allylic oxidation sites excluding steroid dienone is 1. The number of carbonyl (C=O) groups excluding carboxylic acids is 1. The van der Waals surface area contributed by atoms with Gasteiger partial charge in [-0.2, -0.15) is 0 Å². The van der Waals surface area contributed by atoms with Crippen LogP contribution in [0.3, 0.4) is 0 Å². The van der Waals surface area contributed by atoms with Gasteiger partial charge in [0.2, 0.25) is 0 Å². The molecule has 19 heavy (non-hydrogen) atoms. The van der Waals surface area contributed by atoms with Crippen molar-refractivity contribution in [1.82, 2.24) is 10.6 Å². The van der Waals surface area contributed by atoms with E-state index in [1.54, 1.807) is 0 Å². The fraction of sp³-hybridized carbons (Fsp3) is 0.333. The van der Waals surface area contributed by atoms with Crippen LogP contribution in [0.4, 0.5) is 0 Å². The number of benzene rings is 1. The third-order valence-electron chi connectivity index (χ3n) is 3.75. The number of hydrogen-bond acceptors (Lipinski definition) is 2. The van der Waals surface area contributed by atoms with E-state index in [1.165, 1.54) is 5.56 Å². The fourth-order valence-corrected chi connectivity index (χ4v) is 3.01. The van der Waals surface area contributed by atoms with Crippen LogP contribution in [0.25, 0.3) is 0 Å². The van der Waals surface area contributed by atoms with Crippen molar-refractivity contribution in [3.63, 3.8) is 0 Å². The minimum absolute atomic E-state index is 0.0478. The number of thiocarbonyl (C=S) groups is 1. The predicted octanol–water partition coefficient (Wildman–Crippen LogP) is 2.38. The molecule has 2 unspecified atom stereocenters. The van der Waals surface area contributed by atoms with E-state index in [1.807, 2.05) is 0 Å². The second-order valence-corrected chi connectivity index (χ2v) is 5.54. The Morgan fingerprint density at radius 1 is 1.26 bits per heavy atom. The van der Waals surface area contributed by atoms with Gasteiger partial charge in [0.15, 0.2) is 5.11 Å². The summed E-state index contributed by atoms with van der Waals surface area (Å²) >= 11 is 5.24. The lowest BCUT2D eigenvalue weighted by Gasteiger charge is -2.37. The van der Waals surface area contributed by atoms with Crippen molar-refractivity contribution in [2.45, 2.75) is 25.8 Å². The second kappa shape index (κ2) is 4.78. The van der Waals surface area contributed by atoms with Crippen LogP contribution in [0.15, 0.2) is 36.0 Å². The Morgan fingerprint density at radius 3 is 2.74 bits per heavy atom. The van der Waals surface area contributed by atoms with Crippen LogP contribution in [0.5, 0.6) is 0 Å². The number of fused-ring (bicyclic) bond motifs is 1. The first-order valence-corrected chi connectivity index (χ1v) is 6.93. The Bertz CT molecular complexity index is 562. The van der Waals surface area contributed by atoms with Gasteiger partial charge in [-0.1, -0.05) is 35.9 Å². The van der Waals surface area contributed by atoms with Crippen molar-refractivity contribution in [2.24, 2.45) is 5.92 Å². The maximum Gasteiger partial charge on any atom is 0.171 e. The Labute approximate surface area is 118 Å². The zero-order valence-electron chi connectivity index (χ0n) is 10.8. The van der Waals surface area contributed by atoms with E-state index in [9.17, 15) is 4.79 Å². The lowest BCUT2D eigenvalue weighted by molar-refractivity contribution is -0.123. The highest BCUT2D eigenvalue weighted by Gasteiger charge is 2.38. The van der Waals surface area contributed by atoms with E-state index in [0.717, 1.165) is 17.7 Å². The molecule has 98 valence electrons. The summed E-state index contributed by atoms with van der Waals surface area (Å²) in [5.41, 5.74) is 3.29. The summed E-state index contributed by atoms with van der Waals surface area (Å²) in [5, 5.41) is 6.96. The summed E-state index contributed by atoms with van der Waals surface area (Å²) in [7, 11) is 0. The average Bonchev–Trinajstić information content (AvgIpc) is 2.38. The van der Waals surface area contributed by atoms with E-state index in [2.05, 4.69) is 47.9 Å². The van der Waals surface area contributed by atoms with Crippen LogP contribution in [-0.4, -0.2) is 10.9 Å². The summed E-state index contributed by atoms with van der Waals surface area (Å²) < 4.78 is 0. The third-order valence-corrected chi connectivity index (χ3v) is 3.97. The Kier molecular flexibility index (Phi) is 3.11. The van der Waals surface area contributed by atoms with Crippen molar-refractivity contribution in [1.29, 1.82) is 0 Å². The fourth-order valence-electron chi connectivity index (χ4n) is 2.76. The van der Waals surface area contributed by atoms with Gasteiger partial charge in [-0.05, 0) is 31.1 Å². The van der Waals surface area contributed by atoms with Gasteiger partial charge in [-0.25, -0.2) is 0 Å². The number of aryl methyl sites for hydroxylation is 1. The van der Waals surface area contributed by atoms with Gasteiger partial charge >= 0.3 is 0 Å². The molecule has 1 fully saturated rings. The Hall–Kier alpha value is -1.68. The molecule has 4 heteroatoms. The van der Waals surface area contributed by atoms with Crippen LogP contribution in [0.2, 0.25) is 0 Å². The molecule has 0 saturated carbocycles. The molecule has 0 aromatic heterocycles. The Balaban J connectivity index is 2.00. The molecule has 0 spiro atoms. The van der Waals surface area contributed by atoms with E-state index in [4.69, 9.17) is 12.2 Å². The normalized spacial score (nSPS) is 26.1. The summed E-state index contributed by atoms with van der Waals surface area (Å²) in [6.45, 7) is 2.06. The van der Waals surface area contributed by atoms with E-state index < -0.39 is 0 Å². The monoisotopic (exact) mass is 272 g/mol. The van der Waals surface area contributed by atoms with Crippen molar-refractivity contribution in [2.75, 3.05) is 0 Å².